The molecule has 0 aromatic heterocycles. The van der Waals surface area contributed by atoms with E-state index in [0.29, 0.717) is 15.1 Å². The number of rotatable bonds is 3. The number of hydrazine groups is 1. The number of benzene rings is 2. The van der Waals surface area contributed by atoms with E-state index in [1.165, 1.54) is 0 Å². The van der Waals surface area contributed by atoms with Crippen molar-refractivity contribution in [1.82, 2.24) is 0 Å². The number of halogens is 3. The topological polar surface area (TPSA) is 24.1 Å². The van der Waals surface area contributed by atoms with Crippen molar-refractivity contribution in [2.45, 2.75) is 0 Å². The molecule has 0 saturated carbocycles. The molecule has 0 atom stereocenters. The van der Waals surface area contributed by atoms with Crippen LogP contribution in [0, 0.1) is 0 Å². The fraction of sp³-hybridized carbons (Fsp3) is 0. The van der Waals surface area contributed by atoms with Gasteiger partial charge in [0.25, 0.3) is 0 Å². The second-order valence-electron chi connectivity index (χ2n) is 3.42. The zero-order valence-electron chi connectivity index (χ0n) is 8.68. The Kier molecular flexibility index (Phi) is 4.00. The second-order valence-corrected chi connectivity index (χ2v) is 4.73. The van der Waals surface area contributed by atoms with E-state index in [1.54, 1.807) is 24.3 Å². The molecule has 5 heteroatoms. The van der Waals surface area contributed by atoms with Crippen molar-refractivity contribution in [2.24, 2.45) is 0 Å². The summed E-state index contributed by atoms with van der Waals surface area (Å²) < 4.78 is 0. The summed E-state index contributed by atoms with van der Waals surface area (Å²) in [5.74, 6) is 0. The van der Waals surface area contributed by atoms with Crippen molar-refractivity contribution in [2.75, 3.05) is 10.9 Å². The van der Waals surface area contributed by atoms with Crippen LogP contribution in [0.4, 0.5) is 11.4 Å². The lowest BCUT2D eigenvalue weighted by atomic mass is 10.3. The Balaban J connectivity index is 2.07. The summed E-state index contributed by atoms with van der Waals surface area (Å²) in [7, 11) is 0. The molecule has 0 unspecified atom stereocenters. The fourth-order valence-electron chi connectivity index (χ4n) is 1.34. The van der Waals surface area contributed by atoms with Crippen LogP contribution < -0.4 is 10.9 Å². The molecule has 0 heterocycles. The average molecular weight is 288 g/mol. The van der Waals surface area contributed by atoms with Gasteiger partial charge in [-0.3, -0.25) is 0 Å². The Morgan fingerprint density at radius 1 is 0.647 bits per heavy atom. The summed E-state index contributed by atoms with van der Waals surface area (Å²) in [6.07, 6.45) is 0. The number of hydrogen-bond donors (Lipinski definition) is 2. The summed E-state index contributed by atoms with van der Waals surface area (Å²) in [5, 5.41) is 1.82. The minimum absolute atomic E-state index is 0.577. The zero-order chi connectivity index (χ0) is 12.3. The highest BCUT2D eigenvalue weighted by Gasteiger charge is 1.98. The Morgan fingerprint density at radius 2 is 1.24 bits per heavy atom. The molecule has 88 valence electrons. The third kappa shape index (κ3) is 3.70. The molecule has 0 radical (unpaired) electrons. The van der Waals surface area contributed by atoms with E-state index in [2.05, 4.69) is 10.9 Å². The van der Waals surface area contributed by atoms with Crippen molar-refractivity contribution in [3.8, 4) is 0 Å². The smallest absolute Gasteiger partial charge is 0.0569 e. The highest BCUT2D eigenvalue weighted by Crippen LogP contribution is 2.23. The Hall–Kier alpha value is -1.09. The zero-order valence-corrected chi connectivity index (χ0v) is 10.9. The number of hydrogen-bond acceptors (Lipinski definition) is 2. The molecule has 0 amide bonds. The van der Waals surface area contributed by atoms with Crippen molar-refractivity contribution in [3.05, 3.63) is 57.5 Å². The van der Waals surface area contributed by atoms with Gasteiger partial charge in [0.2, 0.25) is 0 Å². The Labute approximate surface area is 114 Å². The minimum atomic E-state index is 0.577. The fourth-order valence-corrected chi connectivity index (χ4v) is 2.05. The monoisotopic (exact) mass is 286 g/mol. The van der Waals surface area contributed by atoms with Gasteiger partial charge in [-0.2, -0.15) is 0 Å². The lowest BCUT2D eigenvalue weighted by molar-refractivity contribution is 1.41. The predicted molar refractivity (Wildman–Crippen MR) is 75.2 cm³/mol. The molecule has 0 aliphatic rings. The van der Waals surface area contributed by atoms with Crippen LogP contribution >= 0.6 is 34.8 Å². The molecule has 2 N–H and O–H groups in total. The van der Waals surface area contributed by atoms with Crippen LogP contribution in [0.15, 0.2) is 42.5 Å². The lowest BCUT2D eigenvalue weighted by Gasteiger charge is -2.10. The van der Waals surface area contributed by atoms with E-state index >= 15 is 0 Å². The first kappa shape index (κ1) is 12.4. The van der Waals surface area contributed by atoms with Crippen LogP contribution in [0.5, 0.6) is 0 Å². The van der Waals surface area contributed by atoms with Crippen molar-refractivity contribution in [1.29, 1.82) is 0 Å². The third-order valence-electron chi connectivity index (χ3n) is 2.04. The molecule has 0 saturated heterocycles. The lowest BCUT2D eigenvalue weighted by Crippen LogP contribution is -2.08. The van der Waals surface area contributed by atoms with E-state index < -0.39 is 0 Å². The molecule has 0 fully saturated rings. The Morgan fingerprint density at radius 3 is 1.88 bits per heavy atom. The first-order valence-electron chi connectivity index (χ1n) is 4.87. The summed E-state index contributed by atoms with van der Waals surface area (Å²) in [6, 6.07) is 12.6. The minimum Gasteiger partial charge on any atom is -0.301 e. The van der Waals surface area contributed by atoms with Crippen molar-refractivity contribution >= 4 is 46.2 Å². The maximum atomic E-state index is 5.88. The van der Waals surface area contributed by atoms with Crippen molar-refractivity contribution < 1.29 is 0 Å². The van der Waals surface area contributed by atoms with Gasteiger partial charge in [-0.25, -0.2) is 0 Å². The van der Waals surface area contributed by atoms with Crippen molar-refractivity contribution in [3.63, 3.8) is 0 Å². The predicted octanol–water partition coefficient (Wildman–Crippen LogP) is 5.09. The molecular formula is C12H9Cl3N2. The van der Waals surface area contributed by atoms with Gasteiger partial charge >= 0.3 is 0 Å². The number of nitrogens with one attached hydrogen (secondary N) is 2. The molecule has 17 heavy (non-hydrogen) atoms. The maximum Gasteiger partial charge on any atom is 0.0569 e. The van der Waals surface area contributed by atoms with Gasteiger partial charge in [0.1, 0.15) is 0 Å². The summed E-state index contributed by atoms with van der Waals surface area (Å²) in [4.78, 5) is 0. The van der Waals surface area contributed by atoms with E-state index in [4.69, 9.17) is 34.8 Å². The molecule has 0 bridgehead atoms. The highest BCUT2D eigenvalue weighted by atomic mass is 35.5. The summed E-state index contributed by atoms with van der Waals surface area (Å²) in [5.41, 5.74) is 7.63. The van der Waals surface area contributed by atoms with Gasteiger partial charge < -0.3 is 10.9 Å². The van der Waals surface area contributed by atoms with Crippen LogP contribution in [-0.4, -0.2) is 0 Å². The largest absolute Gasteiger partial charge is 0.301 e. The number of anilines is 2. The molecule has 2 aromatic rings. The first-order valence-corrected chi connectivity index (χ1v) is 6.00. The van der Waals surface area contributed by atoms with Crippen LogP contribution in [0.3, 0.4) is 0 Å². The molecule has 2 rings (SSSR count). The van der Waals surface area contributed by atoms with Crippen LogP contribution in [0.2, 0.25) is 15.1 Å². The van der Waals surface area contributed by atoms with Gasteiger partial charge in [-0.1, -0.05) is 40.9 Å². The van der Waals surface area contributed by atoms with Gasteiger partial charge in [-0.05, 0) is 36.4 Å². The molecule has 0 spiro atoms. The van der Waals surface area contributed by atoms with E-state index in [9.17, 15) is 0 Å². The highest BCUT2D eigenvalue weighted by molar-refractivity contribution is 6.35. The molecule has 2 aromatic carbocycles. The third-order valence-corrected chi connectivity index (χ3v) is 2.71. The average Bonchev–Trinajstić information content (AvgIpc) is 2.25. The molecule has 2 nitrogen and oxygen atoms in total. The van der Waals surface area contributed by atoms with Gasteiger partial charge in [0, 0.05) is 15.1 Å². The normalized spacial score (nSPS) is 10.1. The quantitative estimate of drug-likeness (QED) is 0.769. The molecule has 0 aliphatic heterocycles. The van der Waals surface area contributed by atoms with E-state index in [-0.39, 0.29) is 0 Å². The maximum absolute atomic E-state index is 5.88. The van der Waals surface area contributed by atoms with E-state index in [0.717, 1.165) is 11.4 Å². The van der Waals surface area contributed by atoms with Crippen LogP contribution in [0.1, 0.15) is 0 Å². The summed E-state index contributed by atoms with van der Waals surface area (Å²) in [6.45, 7) is 0. The molecule has 0 aliphatic carbocycles. The summed E-state index contributed by atoms with van der Waals surface area (Å²) >= 11 is 17.6. The van der Waals surface area contributed by atoms with Gasteiger partial charge in [-0.15, -0.1) is 0 Å². The molecular weight excluding hydrogens is 279 g/mol. The van der Waals surface area contributed by atoms with Gasteiger partial charge in [0.15, 0.2) is 0 Å². The SMILES string of the molecule is Clc1cccc(NNc2cc(Cl)cc(Cl)c2)c1. The Bertz CT molecular complexity index is 509. The first-order chi connectivity index (χ1) is 8.13. The second kappa shape index (κ2) is 5.50. The van der Waals surface area contributed by atoms with Gasteiger partial charge in [0.05, 0.1) is 11.4 Å². The van der Waals surface area contributed by atoms with Crippen LogP contribution in [-0.2, 0) is 0 Å². The van der Waals surface area contributed by atoms with Crippen LogP contribution in [0.25, 0.3) is 0 Å². The van der Waals surface area contributed by atoms with E-state index in [1.807, 2.05) is 18.2 Å². The standard InChI is InChI=1S/C12H9Cl3N2/c13-8-2-1-3-11(5-8)16-17-12-6-9(14)4-10(15)7-12/h1-7,16-17H.